The zero-order valence-electron chi connectivity index (χ0n) is 14.9. The van der Waals surface area contributed by atoms with E-state index in [4.69, 9.17) is 0 Å². The van der Waals surface area contributed by atoms with Gasteiger partial charge in [0.25, 0.3) is 5.91 Å². The van der Waals surface area contributed by atoms with Crippen LogP contribution in [0.3, 0.4) is 0 Å². The SMILES string of the molecule is O=C[B]N(C(=O)c1cncs1)c1ccn(C2=CC3CN(C2)C(=O)N3OS(=O)(=O)[O-])n1. The number of hydrogen-bond donors (Lipinski definition) is 0. The van der Waals surface area contributed by atoms with Crippen molar-refractivity contribution in [3.63, 3.8) is 0 Å². The van der Waals surface area contributed by atoms with E-state index in [1.165, 1.54) is 39.6 Å². The van der Waals surface area contributed by atoms with E-state index in [1.54, 1.807) is 0 Å². The molecule has 2 aromatic heterocycles. The number of rotatable bonds is 7. The second-order valence-corrected chi connectivity index (χ2v) is 7.99. The molecular formula is C14H11BN6O7S2-. The van der Waals surface area contributed by atoms with Crippen molar-refractivity contribution in [1.29, 1.82) is 0 Å². The van der Waals surface area contributed by atoms with E-state index < -0.39 is 28.4 Å². The molecule has 155 valence electrons. The smallest absolute Gasteiger partial charge is 0.346 e. The summed E-state index contributed by atoms with van der Waals surface area (Å²) in [6.45, 7) is 0.205. The van der Waals surface area contributed by atoms with Gasteiger partial charge in [0.2, 0.25) is 10.4 Å². The molecule has 2 aliphatic heterocycles. The quantitative estimate of drug-likeness (QED) is 0.227. The highest BCUT2D eigenvalue weighted by Gasteiger charge is 2.42. The third-order valence-corrected chi connectivity index (χ3v) is 5.37. The third-order valence-electron chi connectivity index (χ3n) is 4.26. The second kappa shape index (κ2) is 7.64. The number of hydroxylamine groups is 2. The largest absolute Gasteiger partial charge is 0.724 e. The van der Waals surface area contributed by atoms with E-state index in [2.05, 4.69) is 14.4 Å². The maximum Gasteiger partial charge on any atom is 0.346 e. The minimum Gasteiger partial charge on any atom is -0.724 e. The predicted octanol–water partition coefficient (Wildman–Crippen LogP) is -0.852. The lowest BCUT2D eigenvalue weighted by Gasteiger charge is -2.22. The number of nitrogens with zero attached hydrogens (tertiary/aromatic N) is 6. The second-order valence-electron chi connectivity index (χ2n) is 6.14. The number of amides is 3. The van der Waals surface area contributed by atoms with Crippen molar-refractivity contribution in [3.05, 3.63) is 34.9 Å². The van der Waals surface area contributed by atoms with E-state index in [1.807, 2.05) is 0 Å². The number of carbonyl (C=O) groups is 3. The fourth-order valence-corrected chi connectivity index (χ4v) is 4.00. The Morgan fingerprint density at radius 3 is 2.93 bits per heavy atom. The monoisotopic (exact) mass is 450 g/mol. The molecule has 13 nitrogen and oxygen atoms in total. The first-order valence-electron chi connectivity index (χ1n) is 8.28. The van der Waals surface area contributed by atoms with E-state index in [-0.39, 0.29) is 18.9 Å². The summed E-state index contributed by atoms with van der Waals surface area (Å²) >= 11 is 1.11. The molecule has 2 aromatic rings. The number of anilines is 1. The van der Waals surface area contributed by atoms with Crippen molar-refractivity contribution in [2.75, 3.05) is 17.9 Å². The first-order valence-corrected chi connectivity index (χ1v) is 10.5. The third kappa shape index (κ3) is 3.84. The van der Waals surface area contributed by atoms with Crippen molar-refractivity contribution < 1.29 is 31.6 Å². The lowest BCUT2D eigenvalue weighted by atomic mass is 9.94. The number of hydrogen-bond acceptors (Lipinski definition) is 10. The highest BCUT2D eigenvalue weighted by atomic mass is 32.3. The van der Waals surface area contributed by atoms with Crippen LogP contribution in [0, 0.1) is 0 Å². The molecule has 3 amide bonds. The van der Waals surface area contributed by atoms with Gasteiger partial charge < -0.3 is 19.1 Å². The van der Waals surface area contributed by atoms with Gasteiger partial charge in [-0.25, -0.2) is 17.9 Å². The van der Waals surface area contributed by atoms with Gasteiger partial charge in [0, 0.05) is 18.8 Å². The first kappa shape index (κ1) is 20.2. The van der Waals surface area contributed by atoms with Gasteiger partial charge >= 0.3 is 13.4 Å². The number of fused-ring (bicyclic) bond motifs is 2. The molecule has 30 heavy (non-hydrogen) atoms. The van der Waals surface area contributed by atoms with Crippen molar-refractivity contribution >= 4 is 58.8 Å². The maximum atomic E-state index is 12.6. The van der Waals surface area contributed by atoms with E-state index >= 15 is 0 Å². The number of urea groups is 1. The Kier molecular flexibility index (Phi) is 5.14. The minimum atomic E-state index is -5.11. The van der Waals surface area contributed by atoms with Crippen LogP contribution >= 0.6 is 11.3 Å². The molecule has 4 rings (SSSR count). The topological polar surface area (TPSA) is 158 Å². The lowest BCUT2D eigenvalue weighted by molar-refractivity contribution is -0.0195. The predicted molar refractivity (Wildman–Crippen MR) is 101 cm³/mol. The fourth-order valence-electron chi connectivity index (χ4n) is 3.07. The highest BCUT2D eigenvalue weighted by Crippen LogP contribution is 2.28. The van der Waals surface area contributed by atoms with Gasteiger partial charge in [-0.05, 0) is 6.08 Å². The Morgan fingerprint density at radius 1 is 1.47 bits per heavy atom. The molecule has 0 N–H and O–H groups in total. The molecule has 2 bridgehead atoms. The summed E-state index contributed by atoms with van der Waals surface area (Å²) in [5.41, 5.74) is 1.96. The summed E-state index contributed by atoms with van der Waals surface area (Å²) in [7, 11) is -4.09. The average Bonchev–Trinajstić information content (AvgIpc) is 3.43. The summed E-state index contributed by atoms with van der Waals surface area (Å²) < 4.78 is 38.2. The van der Waals surface area contributed by atoms with Gasteiger partial charge in [-0.3, -0.25) is 9.78 Å². The van der Waals surface area contributed by atoms with Crippen LogP contribution < -0.4 is 4.81 Å². The normalized spacial score (nSPS) is 18.4. The van der Waals surface area contributed by atoms with Crippen molar-refractivity contribution in [1.82, 2.24) is 24.7 Å². The molecule has 1 atom stereocenters. The zero-order chi connectivity index (χ0) is 21.5. The van der Waals surface area contributed by atoms with Gasteiger partial charge in [-0.2, -0.15) is 14.4 Å². The number of aromatic nitrogens is 3. The van der Waals surface area contributed by atoms with Gasteiger partial charge in [-0.1, -0.05) is 0 Å². The number of thiazole rings is 1. The van der Waals surface area contributed by atoms with Crippen LogP contribution in [-0.2, 0) is 19.5 Å². The van der Waals surface area contributed by atoms with Gasteiger partial charge in [0.1, 0.15) is 22.9 Å². The fraction of sp³-hybridized carbons (Fsp3) is 0.214. The Morgan fingerprint density at radius 2 is 2.27 bits per heavy atom. The van der Waals surface area contributed by atoms with Gasteiger partial charge in [-0.15, -0.1) is 11.3 Å². The van der Waals surface area contributed by atoms with Crippen LogP contribution in [0.5, 0.6) is 0 Å². The Balaban J connectivity index is 1.59. The molecule has 0 aromatic carbocycles. The summed E-state index contributed by atoms with van der Waals surface area (Å²) in [6.07, 6.45) is 4.86. The highest BCUT2D eigenvalue weighted by molar-refractivity contribution is 7.80. The van der Waals surface area contributed by atoms with Crippen molar-refractivity contribution in [2.24, 2.45) is 0 Å². The Bertz CT molecular complexity index is 1130. The summed E-state index contributed by atoms with van der Waals surface area (Å²) in [5.74, 6) is -0.345. The molecule has 1 unspecified atom stereocenters. The number of carbonyl (C=O) groups excluding carboxylic acids is 3. The van der Waals surface area contributed by atoms with Gasteiger partial charge in [0.15, 0.2) is 0 Å². The lowest BCUT2D eigenvalue weighted by Crippen LogP contribution is -2.35. The molecule has 1 radical (unpaired) electrons. The molecular weight excluding hydrogens is 439 g/mol. The van der Waals surface area contributed by atoms with Crippen LogP contribution in [-0.4, -0.2) is 82.4 Å². The van der Waals surface area contributed by atoms with Crippen LogP contribution in [0.4, 0.5) is 10.6 Å². The molecule has 1 fully saturated rings. The van der Waals surface area contributed by atoms with Crippen LogP contribution in [0.1, 0.15) is 9.67 Å². The molecule has 1 saturated heterocycles. The summed E-state index contributed by atoms with van der Waals surface area (Å²) in [5, 5.41) is 4.77. The molecule has 0 spiro atoms. The Hall–Kier alpha value is -3.08. The molecule has 16 heteroatoms. The van der Waals surface area contributed by atoms with Crippen LogP contribution in [0.15, 0.2) is 30.0 Å². The minimum absolute atomic E-state index is 0.0649. The van der Waals surface area contributed by atoms with E-state index in [0.29, 0.717) is 21.8 Å². The van der Waals surface area contributed by atoms with Crippen LogP contribution in [0.25, 0.3) is 5.70 Å². The van der Waals surface area contributed by atoms with E-state index in [0.717, 1.165) is 23.6 Å². The van der Waals surface area contributed by atoms with Crippen molar-refractivity contribution in [2.45, 2.75) is 6.04 Å². The average molecular weight is 450 g/mol. The molecule has 0 saturated carbocycles. The summed E-state index contributed by atoms with van der Waals surface area (Å²) in [4.78, 5) is 42.3. The molecule has 2 aliphatic rings. The molecule has 4 heterocycles. The molecule has 0 aliphatic carbocycles. The van der Waals surface area contributed by atoms with E-state index in [9.17, 15) is 27.4 Å². The van der Waals surface area contributed by atoms with Crippen LogP contribution in [0.2, 0.25) is 0 Å². The Labute approximate surface area is 174 Å². The zero-order valence-corrected chi connectivity index (χ0v) is 16.5. The van der Waals surface area contributed by atoms with Crippen molar-refractivity contribution in [3.8, 4) is 0 Å². The van der Waals surface area contributed by atoms with Gasteiger partial charge in [0.05, 0.1) is 23.9 Å². The maximum absolute atomic E-state index is 12.6. The first-order chi connectivity index (χ1) is 14.3. The summed E-state index contributed by atoms with van der Waals surface area (Å²) in [6, 6.07) is -0.0903. The standard InChI is InChI=1S/C14H12BN6O7S2/c22-7-15-20(13(23)11-4-16-8-29-11)12-1-2-19(17-12)9-3-10-6-18(5-9)14(24)21(10)28-30(25,26)27/h1-4,7-8,10H,5-6H2,(H,25,26,27)/p-1.